The predicted molar refractivity (Wildman–Crippen MR) is 220 cm³/mol. The average Bonchev–Trinajstić information content (AvgIpc) is 3.11. The van der Waals surface area contributed by atoms with Gasteiger partial charge in [0, 0.05) is 18.0 Å². The zero-order chi connectivity index (χ0) is 39.3. The third kappa shape index (κ3) is 17.7. The Kier molecular flexibility index (Phi) is 24.4. The highest BCUT2D eigenvalue weighted by Crippen LogP contribution is 2.26. The van der Waals surface area contributed by atoms with Gasteiger partial charge in [-0.3, -0.25) is 4.79 Å². The van der Waals surface area contributed by atoms with Crippen LogP contribution in [0, 0.1) is 0 Å². The normalized spacial score (nSPS) is 17.6. The monoisotopic (exact) mass is 874 g/mol. The Labute approximate surface area is 332 Å². The molecule has 0 aliphatic rings. The molecule has 0 saturated carbocycles. The number of allylic oxidation sites excluding steroid dienone is 5. The Bertz CT molecular complexity index is 1410. The molecule has 0 aromatic heterocycles. The van der Waals surface area contributed by atoms with E-state index in [-0.39, 0.29) is 23.8 Å². The molecule has 1 aromatic rings. The van der Waals surface area contributed by atoms with Crippen molar-refractivity contribution < 1.29 is 36.9 Å². The molecule has 0 amide bonds. The first kappa shape index (κ1) is 48.4. The fourth-order valence-corrected chi connectivity index (χ4v) is 8.44. The largest absolute Gasteiger partial charge is 0.465 e. The van der Waals surface area contributed by atoms with Crippen molar-refractivity contribution in [3.8, 4) is 0 Å². The van der Waals surface area contributed by atoms with Crippen LogP contribution in [-0.2, 0) is 38.3 Å². The van der Waals surface area contributed by atoms with Gasteiger partial charge in [-0.15, -0.1) is 0 Å². The summed E-state index contributed by atoms with van der Waals surface area (Å²) in [6.07, 6.45) is 10.8. The van der Waals surface area contributed by atoms with Crippen molar-refractivity contribution in [2.75, 3.05) is 19.8 Å². The van der Waals surface area contributed by atoms with Crippen LogP contribution in [0.5, 0.6) is 0 Å². The molecule has 7 atom stereocenters. The van der Waals surface area contributed by atoms with Gasteiger partial charge in [0.15, 0.2) is 22.4 Å². The Morgan fingerprint density at radius 3 is 1.79 bits per heavy atom. The number of carbonyl (C=O) groups is 1. The molecule has 0 fully saturated rings. The first-order chi connectivity index (χ1) is 24.6. The Morgan fingerprint density at radius 1 is 0.750 bits per heavy atom. The van der Waals surface area contributed by atoms with E-state index in [0.717, 1.165) is 48.0 Å². The average molecular weight is 877 g/mol. The number of carbonyl (C=O) groups excluding carboxylic acids is 1. The van der Waals surface area contributed by atoms with E-state index in [2.05, 4.69) is 57.9 Å². The molecule has 8 nitrogen and oxygen atoms in total. The fourth-order valence-electron chi connectivity index (χ4n) is 5.58. The summed E-state index contributed by atoms with van der Waals surface area (Å²) in [7, 11) is -3.63. The van der Waals surface area contributed by atoms with Crippen LogP contribution in [0.4, 0.5) is 0 Å². The minimum Gasteiger partial charge on any atom is -0.465 e. The van der Waals surface area contributed by atoms with Crippen molar-refractivity contribution in [2.45, 2.75) is 152 Å². The van der Waals surface area contributed by atoms with Crippen molar-refractivity contribution in [2.24, 2.45) is 0 Å². The van der Waals surface area contributed by atoms with Gasteiger partial charge in [-0.05, 0) is 124 Å². The summed E-state index contributed by atoms with van der Waals surface area (Å²) in [5.41, 5.74) is 4.09. The second kappa shape index (κ2) is 26.2. The Balaban J connectivity index is 3.18. The number of ether oxygens (including phenoxy) is 5. The third-order valence-electron chi connectivity index (χ3n) is 8.52. The van der Waals surface area contributed by atoms with Gasteiger partial charge in [0.1, 0.15) is 10.9 Å². The van der Waals surface area contributed by atoms with Crippen LogP contribution < -0.4 is 0 Å². The lowest BCUT2D eigenvalue weighted by Crippen LogP contribution is -2.36. The molecule has 52 heavy (non-hydrogen) atoms. The molecule has 296 valence electrons. The predicted octanol–water partition coefficient (Wildman–Crippen LogP) is 10.6. The van der Waals surface area contributed by atoms with E-state index in [1.807, 2.05) is 59.8 Å². The van der Waals surface area contributed by atoms with Gasteiger partial charge in [-0.2, -0.15) is 0 Å². The van der Waals surface area contributed by atoms with E-state index in [4.69, 9.17) is 23.7 Å². The van der Waals surface area contributed by atoms with E-state index in [0.29, 0.717) is 31.0 Å². The van der Waals surface area contributed by atoms with Crippen molar-refractivity contribution in [3.63, 3.8) is 0 Å². The van der Waals surface area contributed by atoms with Crippen molar-refractivity contribution in [3.05, 3.63) is 76.9 Å². The van der Waals surface area contributed by atoms with Crippen LogP contribution in [0.1, 0.15) is 108 Å². The van der Waals surface area contributed by atoms with Crippen LogP contribution in [0.25, 0.3) is 0 Å². The molecule has 0 bridgehead atoms. The summed E-state index contributed by atoms with van der Waals surface area (Å²) in [5, 5.41) is -0.709. The Morgan fingerprint density at radius 2 is 1.27 bits per heavy atom. The van der Waals surface area contributed by atoms with E-state index in [1.54, 1.807) is 38.1 Å². The zero-order valence-corrected chi connectivity index (χ0v) is 37.0. The topological polar surface area (TPSA) is 97.4 Å². The molecule has 0 spiro atoms. The molecule has 1 rings (SSSR count). The van der Waals surface area contributed by atoms with Crippen molar-refractivity contribution in [1.29, 1.82) is 0 Å². The third-order valence-corrected chi connectivity index (χ3v) is 12.6. The van der Waals surface area contributed by atoms with Gasteiger partial charge >= 0.3 is 5.97 Å². The lowest BCUT2D eigenvalue weighted by Gasteiger charge is -2.26. The van der Waals surface area contributed by atoms with Crippen LogP contribution in [0.15, 0.2) is 81.8 Å². The minimum atomic E-state index is -3.63. The summed E-state index contributed by atoms with van der Waals surface area (Å²) in [6.45, 7) is 20.8. The number of esters is 1. The molecule has 0 heterocycles. The number of sulfone groups is 1. The van der Waals surface area contributed by atoms with Crippen molar-refractivity contribution in [1.82, 2.24) is 0 Å². The fraction of sp³-hybridized carbons (Fsp3) is 0.634. The molecule has 0 saturated heterocycles. The lowest BCUT2D eigenvalue weighted by molar-refractivity contribution is -0.161. The molecule has 0 aliphatic heterocycles. The Hall–Kier alpha value is -1.60. The van der Waals surface area contributed by atoms with Gasteiger partial charge in [0.05, 0.1) is 22.9 Å². The molecular formula is C41H64Br2O8S. The maximum atomic E-state index is 13.9. The first-order valence-electron chi connectivity index (χ1n) is 18.6. The number of hydrogen-bond donors (Lipinski definition) is 0. The number of benzene rings is 1. The second-order valence-corrected chi connectivity index (χ2v) is 17.2. The summed E-state index contributed by atoms with van der Waals surface area (Å²) in [4.78, 5) is 12.3. The highest BCUT2D eigenvalue weighted by Gasteiger charge is 2.31. The SMILES string of the molecule is CCOC(=O)C(Br)C(OC(C)OCC)/C(C)=C/CC/C(C)=C/CC(/C=C(\C)CC/C=C(\C)C(OC(C)OCC)C(Br)CC)S(=O)(=O)c1ccccc1. The van der Waals surface area contributed by atoms with Gasteiger partial charge < -0.3 is 23.7 Å². The van der Waals surface area contributed by atoms with E-state index >= 15 is 0 Å². The number of halogens is 2. The smallest absolute Gasteiger partial charge is 0.322 e. The summed E-state index contributed by atoms with van der Waals surface area (Å²) >= 11 is 7.25. The molecule has 0 aliphatic carbocycles. The second-order valence-electron chi connectivity index (χ2n) is 12.9. The molecule has 11 heteroatoms. The molecule has 0 N–H and O–H groups in total. The van der Waals surface area contributed by atoms with Crippen LogP contribution in [-0.4, -0.2) is 73.9 Å². The highest BCUT2D eigenvalue weighted by molar-refractivity contribution is 9.10. The molecule has 0 radical (unpaired) electrons. The number of hydrogen-bond acceptors (Lipinski definition) is 8. The minimum absolute atomic E-state index is 0.121. The van der Waals surface area contributed by atoms with Crippen LogP contribution >= 0.6 is 31.9 Å². The zero-order valence-electron chi connectivity index (χ0n) is 33.0. The lowest BCUT2D eigenvalue weighted by atomic mass is 10.0. The van der Waals surface area contributed by atoms with E-state index in [1.165, 1.54) is 0 Å². The van der Waals surface area contributed by atoms with Gasteiger partial charge in [0.25, 0.3) is 0 Å². The quantitative estimate of drug-likeness (QED) is 0.0393. The standard InChI is InChI=1S/C41H64Br2O8S/c1-11-37(42)39(50-33(9)47-12-2)31(7)22-19-21-30(6)28-36(52(45,46)35-24-16-15-17-25-35)27-26-29(5)20-18-23-32(8)40(51-34(10)48-13-3)38(43)41(44)49-14-4/h15-17,22-26,28,33-34,36-40H,11-14,18-21,27H2,1-10H3/b29-26+,30-28+,31-22+,32-23+. The molecule has 1 aromatic carbocycles. The summed E-state index contributed by atoms with van der Waals surface area (Å²) in [6, 6.07) is 8.66. The van der Waals surface area contributed by atoms with E-state index < -0.39 is 38.3 Å². The van der Waals surface area contributed by atoms with Gasteiger partial charge in [0.2, 0.25) is 0 Å². The van der Waals surface area contributed by atoms with Gasteiger partial charge in [-0.25, -0.2) is 8.42 Å². The van der Waals surface area contributed by atoms with Gasteiger partial charge in [-0.1, -0.05) is 92.4 Å². The maximum absolute atomic E-state index is 13.9. The number of alkyl halides is 2. The number of rotatable bonds is 26. The summed E-state index contributed by atoms with van der Waals surface area (Å²) < 4.78 is 56.5. The van der Waals surface area contributed by atoms with E-state index in [9.17, 15) is 13.2 Å². The summed E-state index contributed by atoms with van der Waals surface area (Å²) in [5.74, 6) is -0.394. The maximum Gasteiger partial charge on any atom is 0.322 e. The molecule has 7 unspecified atom stereocenters. The van der Waals surface area contributed by atoms with Crippen molar-refractivity contribution >= 4 is 47.7 Å². The van der Waals surface area contributed by atoms with Crippen LogP contribution in [0.2, 0.25) is 0 Å². The highest BCUT2D eigenvalue weighted by atomic mass is 79.9. The van der Waals surface area contributed by atoms with Crippen LogP contribution in [0.3, 0.4) is 0 Å². The molecular weight excluding hydrogens is 812 g/mol. The first-order valence-corrected chi connectivity index (χ1v) is 21.9.